The van der Waals surface area contributed by atoms with E-state index in [0.29, 0.717) is 5.92 Å². The fraction of sp³-hybridized carbons (Fsp3) is 0.600. The molecule has 3 N–H and O–H groups in total. The third-order valence-electron chi connectivity index (χ3n) is 2.84. The molecule has 1 rings (SSSR count). The Labute approximate surface area is 128 Å². The first kappa shape index (κ1) is 20.1. The zero-order chi connectivity index (χ0) is 16.3. The van der Waals surface area contributed by atoms with E-state index in [2.05, 4.69) is 12.2 Å². The molecule has 5 nitrogen and oxygen atoms in total. The topological polar surface area (TPSA) is 86.6 Å². The summed E-state index contributed by atoms with van der Waals surface area (Å²) < 4.78 is 30.0. The van der Waals surface area contributed by atoms with Crippen LogP contribution in [0, 0.1) is 0 Å². The molecule has 0 heterocycles. The Morgan fingerprint density at radius 2 is 1.71 bits per heavy atom. The van der Waals surface area contributed by atoms with Crippen LogP contribution in [0.1, 0.15) is 45.1 Å². The lowest BCUT2D eigenvalue weighted by atomic mass is 10.0. The number of benzene rings is 1. The Balaban J connectivity index is 0.000000433. The zero-order valence-electron chi connectivity index (χ0n) is 13.0. The van der Waals surface area contributed by atoms with E-state index in [9.17, 15) is 8.42 Å². The minimum absolute atomic E-state index is 0.0584. The van der Waals surface area contributed by atoms with E-state index in [-0.39, 0.29) is 11.5 Å². The number of nitrogens with one attached hydrogen (secondary N) is 1. The first-order valence-electron chi connectivity index (χ1n) is 7.22. The average molecular weight is 317 g/mol. The van der Waals surface area contributed by atoms with E-state index in [4.69, 9.17) is 9.66 Å². The van der Waals surface area contributed by atoms with Crippen LogP contribution in [-0.2, 0) is 10.1 Å². The van der Waals surface area contributed by atoms with Gasteiger partial charge in [-0.25, -0.2) is 0 Å². The van der Waals surface area contributed by atoms with Crippen LogP contribution in [0.3, 0.4) is 0 Å². The number of hydrogen-bond donors (Lipinski definition) is 3. The van der Waals surface area contributed by atoms with E-state index in [1.54, 1.807) is 12.1 Å². The Morgan fingerprint density at radius 3 is 2.10 bits per heavy atom. The van der Waals surface area contributed by atoms with Crippen LogP contribution < -0.4 is 5.32 Å². The lowest BCUT2D eigenvalue weighted by Crippen LogP contribution is -2.18. The molecular formula is C15H27NO4S. The highest BCUT2D eigenvalue weighted by molar-refractivity contribution is 7.85. The number of rotatable bonds is 7. The fourth-order valence-electron chi connectivity index (χ4n) is 1.53. The monoisotopic (exact) mass is 317 g/mol. The van der Waals surface area contributed by atoms with Gasteiger partial charge < -0.3 is 10.4 Å². The summed E-state index contributed by atoms with van der Waals surface area (Å²) in [7, 11) is -4.05. The molecule has 0 saturated heterocycles. The third-order valence-corrected chi connectivity index (χ3v) is 3.71. The fourth-order valence-corrected chi connectivity index (χ4v) is 2.01. The van der Waals surface area contributed by atoms with Gasteiger partial charge in [0.05, 0.1) is 11.5 Å². The molecule has 0 radical (unpaired) electrons. The normalized spacial score (nSPS) is 11.1. The highest BCUT2D eigenvalue weighted by Crippen LogP contribution is 2.16. The molecule has 0 aliphatic rings. The molecule has 21 heavy (non-hydrogen) atoms. The molecule has 0 amide bonds. The van der Waals surface area contributed by atoms with Crippen molar-refractivity contribution in [2.45, 2.75) is 44.4 Å². The van der Waals surface area contributed by atoms with Crippen molar-refractivity contribution in [3.8, 4) is 0 Å². The van der Waals surface area contributed by atoms with Crippen molar-refractivity contribution in [3.63, 3.8) is 0 Å². The Kier molecular flexibility index (Phi) is 10.2. The van der Waals surface area contributed by atoms with Crippen molar-refractivity contribution in [1.29, 1.82) is 0 Å². The van der Waals surface area contributed by atoms with E-state index in [1.807, 2.05) is 13.8 Å². The second kappa shape index (κ2) is 10.7. The SMILES string of the molecule is CC(C)c1ccc(S(=O)(=O)O)cc1.CCCCNCCO. The van der Waals surface area contributed by atoms with Gasteiger partial charge in [0, 0.05) is 6.54 Å². The summed E-state index contributed by atoms with van der Waals surface area (Å²) in [6.45, 7) is 8.21. The Bertz CT molecular complexity index is 463. The molecule has 1 aromatic rings. The van der Waals surface area contributed by atoms with Crippen molar-refractivity contribution in [2.75, 3.05) is 19.7 Å². The molecule has 0 aliphatic carbocycles. The van der Waals surface area contributed by atoms with Crippen molar-refractivity contribution in [3.05, 3.63) is 29.8 Å². The number of hydrogen-bond acceptors (Lipinski definition) is 4. The van der Waals surface area contributed by atoms with Crippen LogP contribution >= 0.6 is 0 Å². The molecule has 6 heteroatoms. The average Bonchev–Trinajstić information content (AvgIpc) is 2.43. The predicted molar refractivity (Wildman–Crippen MR) is 85.2 cm³/mol. The molecule has 0 atom stereocenters. The second-order valence-corrected chi connectivity index (χ2v) is 6.45. The highest BCUT2D eigenvalue weighted by Gasteiger charge is 2.08. The van der Waals surface area contributed by atoms with Gasteiger partial charge in [-0.15, -0.1) is 0 Å². The molecule has 0 bridgehead atoms. The van der Waals surface area contributed by atoms with Crippen LogP contribution in [0.4, 0.5) is 0 Å². The standard InChI is InChI=1S/C9H12O3S.C6H15NO/c1-7(2)8-3-5-9(6-4-8)13(10,11)12;1-2-3-4-7-5-6-8/h3-7H,1-2H3,(H,10,11,12);7-8H,2-6H2,1H3. The lowest BCUT2D eigenvalue weighted by Gasteiger charge is -2.04. The molecule has 0 aromatic heterocycles. The van der Waals surface area contributed by atoms with Gasteiger partial charge in [0.15, 0.2) is 0 Å². The first-order valence-corrected chi connectivity index (χ1v) is 8.66. The summed E-state index contributed by atoms with van der Waals surface area (Å²) in [5.74, 6) is 0.357. The van der Waals surface area contributed by atoms with Crippen molar-refractivity contribution < 1.29 is 18.1 Å². The van der Waals surface area contributed by atoms with Crippen LogP contribution in [0.25, 0.3) is 0 Å². The van der Waals surface area contributed by atoms with Crippen molar-refractivity contribution >= 4 is 10.1 Å². The van der Waals surface area contributed by atoms with Gasteiger partial charge in [-0.05, 0) is 36.6 Å². The van der Waals surface area contributed by atoms with Crippen LogP contribution in [0.5, 0.6) is 0 Å². The summed E-state index contributed by atoms with van der Waals surface area (Å²) >= 11 is 0. The second-order valence-electron chi connectivity index (χ2n) is 5.03. The maximum Gasteiger partial charge on any atom is 0.294 e. The van der Waals surface area contributed by atoms with Gasteiger partial charge in [0.2, 0.25) is 0 Å². The molecule has 0 unspecified atom stereocenters. The smallest absolute Gasteiger partial charge is 0.294 e. The van der Waals surface area contributed by atoms with E-state index in [1.165, 1.54) is 25.0 Å². The first-order chi connectivity index (χ1) is 9.82. The van der Waals surface area contributed by atoms with Crippen LogP contribution in [0.15, 0.2) is 29.2 Å². The van der Waals surface area contributed by atoms with Crippen LogP contribution in [0.2, 0.25) is 0 Å². The molecule has 1 aromatic carbocycles. The summed E-state index contributed by atoms with van der Waals surface area (Å²) in [5, 5.41) is 11.4. The molecular weight excluding hydrogens is 290 g/mol. The zero-order valence-corrected chi connectivity index (χ0v) is 13.9. The quantitative estimate of drug-likeness (QED) is 0.531. The predicted octanol–water partition coefficient (Wildman–Crippen LogP) is 2.43. The Hall–Kier alpha value is -0.950. The minimum Gasteiger partial charge on any atom is -0.395 e. The van der Waals surface area contributed by atoms with Gasteiger partial charge in [-0.1, -0.05) is 39.3 Å². The number of aliphatic hydroxyl groups is 1. The van der Waals surface area contributed by atoms with E-state index < -0.39 is 10.1 Å². The molecule has 122 valence electrons. The van der Waals surface area contributed by atoms with Gasteiger partial charge in [0.1, 0.15) is 0 Å². The maximum atomic E-state index is 10.7. The summed E-state index contributed by atoms with van der Waals surface area (Å²) in [4.78, 5) is -0.0584. The van der Waals surface area contributed by atoms with Crippen LogP contribution in [-0.4, -0.2) is 37.8 Å². The summed E-state index contributed by atoms with van der Waals surface area (Å²) in [6, 6.07) is 6.22. The van der Waals surface area contributed by atoms with Gasteiger partial charge in [-0.3, -0.25) is 4.55 Å². The molecule has 0 aliphatic heterocycles. The molecule has 0 spiro atoms. The molecule has 0 saturated carbocycles. The number of unbranched alkanes of at least 4 members (excludes halogenated alkanes) is 1. The minimum atomic E-state index is -4.05. The van der Waals surface area contributed by atoms with E-state index in [0.717, 1.165) is 18.7 Å². The lowest BCUT2D eigenvalue weighted by molar-refractivity contribution is 0.292. The third kappa shape index (κ3) is 9.57. The summed E-state index contributed by atoms with van der Waals surface area (Å²) in [6.07, 6.45) is 2.43. The van der Waals surface area contributed by atoms with Gasteiger partial charge in [0.25, 0.3) is 10.1 Å². The highest BCUT2D eigenvalue weighted by atomic mass is 32.2. The maximum absolute atomic E-state index is 10.7. The summed E-state index contributed by atoms with van der Waals surface area (Å²) in [5.41, 5.74) is 1.05. The number of aliphatic hydroxyl groups excluding tert-OH is 1. The van der Waals surface area contributed by atoms with E-state index >= 15 is 0 Å². The largest absolute Gasteiger partial charge is 0.395 e. The Morgan fingerprint density at radius 1 is 1.14 bits per heavy atom. The van der Waals surface area contributed by atoms with Crippen molar-refractivity contribution in [2.24, 2.45) is 0 Å². The van der Waals surface area contributed by atoms with Crippen molar-refractivity contribution in [1.82, 2.24) is 5.32 Å². The molecule has 0 fully saturated rings. The van der Waals surface area contributed by atoms with Gasteiger partial charge >= 0.3 is 0 Å². The van der Waals surface area contributed by atoms with Gasteiger partial charge in [-0.2, -0.15) is 8.42 Å².